The number of aliphatic hydroxyl groups is 3. The van der Waals surface area contributed by atoms with E-state index < -0.39 is 11.4 Å². The molecule has 0 radical (unpaired) electrons. The Morgan fingerprint density at radius 2 is 1.66 bits per heavy atom. The van der Waals surface area contributed by atoms with Crippen LogP contribution in [0, 0.1) is 28.6 Å². The number of furan rings is 1. The molecule has 0 spiro atoms. The maximum Gasteiger partial charge on any atom is 0.168 e. The van der Waals surface area contributed by atoms with Gasteiger partial charge >= 0.3 is 0 Å². The standard InChI is InChI=1S/C29H46O6/c1-26-12-13-28(34-16-3-14-30,35-17-4-15-31)19-22(26)5-6-25-24(26)7-10-27(2)23(8-11-29(25,27)32)21-9-18-33-20-21/h9,18,20,22-25,30-32H,3-8,10-17,19H2,1-2H3/t22-,23+,24+,25-,26+,27-,29+/m1/s1. The van der Waals surface area contributed by atoms with Crippen molar-refractivity contribution in [1.82, 2.24) is 0 Å². The highest BCUT2D eigenvalue weighted by Crippen LogP contribution is 2.71. The SMILES string of the molecule is C[C@]12CCC(OCCCO)(OCCCO)C[C@H]1CC[C@@H]1[C@@H]2CC[C@]2(C)[C@H](c3ccoc3)CC[C@]12O. The summed E-state index contributed by atoms with van der Waals surface area (Å²) in [5.74, 6) is 1.13. The number of aliphatic hydroxyl groups excluding tert-OH is 2. The van der Waals surface area contributed by atoms with Crippen LogP contribution in [-0.4, -0.2) is 53.1 Å². The van der Waals surface area contributed by atoms with Crippen LogP contribution in [0.3, 0.4) is 0 Å². The van der Waals surface area contributed by atoms with Crippen molar-refractivity contribution in [3.63, 3.8) is 0 Å². The highest BCUT2D eigenvalue weighted by molar-refractivity contribution is 5.27. The van der Waals surface area contributed by atoms with Crippen molar-refractivity contribution < 1.29 is 29.2 Å². The summed E-state index contributed by atoms with van der Waals surface area (Å²) in [6.45, 7) is 6.06. The van der Waals surface area contributed by atoms with Crippen molar-refractivity contribution in [3.05, 3.63) is 24.2 Å². The molecule has 35 heavy (non-hydrogen) atoms. The van der Waals surface area contributed by atoms with Crippen molar-refractivity contribution in [1.29, 1.82) is 0 Å². The largest absolute Gasteiger partial charge is 0.472 e. The van der Waals surface area contributed by atoms with Gasteiger partial charge in [0.05, 0.1) is 31.3 Å². The first-order valence-corrected chi connectivity index (χ1v) is 14.1. The molecule has 6 heteroatoms. The van der Waals surface area contributed by atoms with Gasteiger partial charge in [-0.05, 0) is 98.5 Å². The minimum absolute atomic E-state index is 0.0968. The fraction of sp³-hybridized carbons (Fsp3) is 0.862. The molecule has 1 heterocycles. The van der Waals surface area contributed by atoms with Gasteiger partial charge in [-0.25, -0.2) is 0 Å². The van der Waals surface area contributed by atoms with Gasteiger partial charge in [0.15, 0.2) is 5.79 Å². The van der Waals surface area contributed by atoms with Gasteiger partial charge in [0.1, 0.15) is 0 Å². The lowest BCUT2D eigenvalue weighted by Crippen LogP contribution is -2.63. The molecule has 4 saturated carbocycles. The van der Waals surface area contributed by atoms with E-state index in [0.29, 0.717) is 49.7 Å². The van der Waals surface area contributed by atoms with Crippen molar-refractivity contribution >= 4 is 0 Å². The number of hydrogen-bond donors (Lipinski definition) is 3. The summed E-state index contributed by atoms with van der Waals surface area (Å²) in [5.41, 5.74) is 0.720. The van der Waals surface area contributed by atoms with Gasteiger partial charge in [-0.3, -0.25) is 0 Å². The van der Waals surface area contributed by atoms with Crippen LogP contribution in [0.2, 0.25) is 0 Å². The molecule has 0 aliphatic heterocycles. The first kappa shape index (κ1) is 25.7. The predicted molar refractivity (Wildman–Crippen MR) is 133 cm³/mol. The Kier molecular flexibility index (Phi) is 7.17. The lowest BCUT2D eigenvalue weighted by atomic mass is 9.43. The molecule has 5 rings (SSSR count). The van der Waals surface area contributed by atoms with E-state index in [9.17, 15) is 15.3 Å². The van der Waals surface area contributed by atoms with E-state index in [2.05, 4.69) is 19.9 Å². The molecule has 4 fully saturated rings. The van der Waals surface area contributed by atoms with E-state index in [0.717, 1.165) is 51.4 Å². The Morgan fingerprint density at radius 3 is 2.31 bits per heavy atom. The normalized spacial score (nSPS) is 42.3. The van der Waals surface area contributed by atoms with E-state index >= 15 is 0 Å². The maximum absolute atomic E-state index is 12.4. The molecule has 0 unspecified atom stereocenters. The summed E-state index contributed by atoms with van der Waals surface area (Å²) in [6, 6.07) is 2.10. The van der Waals surface area contributed by atoms with Gasteiger partial charge in [-0.15, -0.1) is 0 Å². The van der Waals surface area contributed by atoms with Gasteiger partial charge in [0.25, 0.3) is 0 Å². The van der Waals surface area contributed by atoms with Crippen LogP contribution in [-0.2, 0) is 9.47 Å². The second-order valence-corrected chi connectivity index (χ2v) is 12.5. The van der Waals surface area contributed by atoms with Crippen LogP contribution in [0.4, 0.5) is 0 Å². The van der Waals surface area contributed by atoms with Crippen molar-refractivity contribution in [2.24, 2.45) is 28.6 Å². The number of fused-ring (bicyclic) bond motifs is 5. The summed E-state index contributed by atoms with van der Waals surface area (Å²) in [5, 5.41) is 30.9. The summed E-state index contributed by atoms with van der Waals surface area (Å²) >= 11 is 0. The number of ether oxygens (including phenoxy) is 2. The average molecular weight is 491 g/mol. The minimum Gasteiger partial charge on any atom is -0.472 e. The zero-order valence-electron chi connectivity index (χ0n) is 21.7. The average Bonchev–Trinajstić information content (AvgIpc) is 3.46. The predicted octanol–water partition coefficient (Wildman–Crippen LogP) is 5.02. The van der Waals surface area contributed by atoms with Crippen molar-refractivity contribution in [2.45, 2.75) is 102 Å². The fourth-order valence-electron chi connectivity index (χ4n) is 9.12. The second-order valence-electron chi connectivity index (χ2n) is 12.5. The molecule has 1 aromatic rings. The molecule has 6 nitrogen and oxygen atoms in total. The van der Waals surface area contributed by atoms with E-state index in [-0.39, 0.29) is 24.0 Å². The van der Waals surface area contributed by atoms with Crippen LogP contribution < -0.4 is 0 Å². The fourth-order valence-corrected chi connectivity index (χ4v) is 9.12. The van der Waals surface area contributed by atoms with Crippen LogP contribution in [0.15, 0.2) is 23.0 Å². The third-order valence-corrected chi connectivity index (χ3v) is 11.1. The molecule has 1 aromatic heterocycles. The Bertz CT molecular complexity index is 830. The topological polar surface area (TPSA) is 92.3 Å². The van der Waals surface area contributed by atoms with Gasteiger partial charge < -0.3 is 29.2 Å². The Hall–Kier alpha value is -0.920. The summed E-state index contributed by atoms with van der Waals surface area (Å²) in [6.07, 6.45) is 14.0. The van der Waals surface area contributed by atoms with E-state index in [1.807, 2.05) is 6.26 Å². The number of hydrogen-bond acceptors (Lipinski definition) is 6. The van der Waals surface area contributed by atoms with Crippen LogP contribution in [0.5, 0.6) is 0 Å². The summed E-state index contributed by atoms with van der Waals surface area (Å²) in [7, 11) is 0. The lowest BCUT2D eigenvalue weighted by molar-refractivity contribution is -0.290. The smallest absolute Gasteiger partial charge is 0.168 e. The molecule has 0 amide bonds. The highest BCUT2D eigenvalue weighted by atomic mass is 16.7. The molecule has 3 N–H and O–H groups in total. The zero-order chi connectivity index (χ0) is 24.7. The Balaban J connectivity index is 1.35. The quantitative estimate of drug-likeness (QED) is 0.333. The highest BCUT2D eigenvalue weighted by Gasteiger charge is 2.68. The molecule has 0 bridgehead atoms. The van der Waals surface area contributed by atoms with E-state index in [1.54, 1.807) is 6.26 Å². The Morgan fingerprint density at radius 1 is 0.914 bits per heavy atom. The van der Waals surface area contributed by atoms with Gasteiger partial charge in [-0.1, -0.05) is 13.8 Å². The van der Waals surface area contributed by atoms with Crippen molar-refractivity contribution in [2.75, 3.05) is 26.4 Å². The summed E-state index contributed by atoms with van der Waals surface area (Å²) < 4.78 is 18.1. The molecular weight excluding hydrogens is 444 g/mol. The molecule has 0 aromatic carbocycles. The lowest BCUT2D eigenvalue weighted by Gasteiger charge is -2.64. The molecule has 0 saturated heterocycles. The van der Waals surface area contributed by atoms with Crippen molar-refractivity contribution in [3.8, 4) is 0 Å². The molecule has 198 valence electrons. The third kappa shape index (κ3) is 4.12. The third-order valence-electron chi connectivity index (χ3n) is 11.1. The maximum atomic E-state index is 12.4. The zero-order valence-corrected chi connectivity index (χ0v) is 21.7. The van der Waals surface area contributed by atoms with Gasteiger partial charge in [0, 0.05) is 31.5 Å². The molecule has 4 aliphatic rings. The molecule has 7 atom stereocenters. The Labute approximate surface area is 210 Å². The molecular formula is C29H46O6. The first-order chi connectivity index (χ1) is 16.8. The molecule has 4 aliphatic carbocycles. The van der Waals surface area contributed by atoms with Crippen LogP contribution >= 0.6 is 0 Å². The first-order valence-electron chi connectivity index (χ1n) is 14.1. The number of rotatable bonds is 9. The monoisotopic (exact) mass is 490 g/mol. The van der Waals surface area contributed by atoms with Gasteiger partial charge in [-0.2, -0.15) is 0 Å². The van der Waals surface area contributed by atoms with Gasteiger partial charge in [0.2, 0.25) is 0 Å². The van der Waals surface area contributed by atoms with Crippen LogP contribution in [0.1, 0.15) is 96.0 Å². The van der Waals surface area contributed by atoms with E-state index in [1.165, 1.54) is 12.0 Å². The second kappa shape index (κ2) is 9.75. The van der Waals surface area contributed by atoms with Crippen LogP contribution in [0.25, 0.3) is 0 Å². The summed E-state index contributed by atoms with van der Waals surface area (Å²) in [4.78, 5) is 0. The van der Waals surface area contributed by atoms with E-state index in [4.69, 9.17) is 13.9 Å². The minimum atomic E-state index is -0.615.